The second-order valence-corrected chi connectivity index (χ2v) is 18.2. The van der Waals surface area contributed by atoms with E-state index in [4.69, 9.17) is 0 Å². The summed E-state index contributed by atoms with van der Waals surface area (Å²) in [7, 11) is 0. The van der Waals surface area contributed by atoms with Crippen LogP contribution in [-0.4, -0.2) is 9.13 Å². The first-order chi connectivity index (χ1) is 32.6. The van der Waals surface area contributed by atoms with Gasteiger partial charge in [-0.1, -0.05) is 129 Å². The molecule has 9 aromatic rings. The molecule has 0 N–H and O–H groups in total. The van der Waals surface area contributed by atoms with Crippen molar-refractivity contribution in [2.45, 2.75) is 39.5 Å². The van der Waals surface area contributed by atoms with Gasteiger partial charge >= 0.3 is 0 Å². The summed E-state index contributed by atoms with van der Waals surface area (Å²) in [4.78, 5) is 4.97. The Morgan fingerprint density at radius 2 is 1.00 bits per heavy atom. The summed E-state index contributed by atoms with van der Waals surface area (Å²) < 4.78 is 4.87. The van der Waals surface area contributed by atoms with E-state index in [1.54, 1.807) is 0 Å². The zero-order valence-corrected chi connectivity index (χ0v) is 37.6. The fourth-order valence-electron chi connectivity index (χ4n) is 11.0. The predicted octanol–water partition coefficient (Wildman–Crippen LogP) is 16.8. The van der Waals surface area contributed by atoms with E-state index >= 15 is 0 Å². The molecule has 3 aliphatic carbocycles. The fourth-order valence-corrected chi connectivity index (χ4v) is 11.0. The van der Waals surface area contributed by atoms with Gasteiger partial charge in [0.15, 0.2) is 0 Å². The highest BCUT2D eigenvalue weighted by Crippen LogP contribution is 2.45. The molecule has 4 heteroatoms. The molecule has 320 valence electrons. The molecule has 0 spiro atoms. The molecular weight excluding hydrogens is 801 g/mol. The molecule has 3 aliphatic rings. The molecule has 2 heterocycles. The maximum Gasteiger partial charge on any atom is 0.0542 e. The number of hydrogen-bond acceptors (Lipinski definition) is 2. The van der Waals surface area contributed by atoms with Crippen LogP contribution in [0.1, 0.15) is 39.5 Å². The van der Waals surface area contributed by atoms with Gasteiger partial charge in [-0.05, 0) is 146 Å². The van der Waals surface area contributed by atoms with Gasteiger partial charge in [-0.3, -0.25) is 0 Å². The summed E-state index contributed by atoms with van der Waals surface area (Å²) in [5.41, 5.74) is 17.7. The Labute approximate surface area is 387 Å². The lowest BCUT2D eigenvalue weighted by molar-refractivity contribution is 0.609. The average Bonchev–Trinajstić information content (AvgIpc) is 3.88. The van der Waals surface area contributed by atoms with Gasteiger partial charge in [-0.25, -0.2) is 0 Å². The summed E-state index contributed by atoms with van der Waals surface area (Å²) in [6, 6.07) is 64.3. The van der Waals surface area contributed by atoms with Gasteiger partial charge < -0.3 is 18.9 Å². The molecule has 0 radical (unpaired) electrons. The quantitative estimate of drug-likeness (QED) is 0.144. The van der Waals surface area contributed by atoms with Gasteiger partial charge in [0.1, 0.15) is 0 Å². The highest BCUT2D eigenvalue weighted by molar-refractivity contribution is 6.12. The fraction of sp³-hybridized carbons (Fsp3) is 0.129. The summed E-state index contributed by atoms with van der Waals surface area (Å²) >= 11 is 0. The molecule has 0 fully saturated rings. The minimum atomic E-state index is 0.297. The third-order valence-electron chi connectivity index (χ3n) is 14.1. The number of hydrogen-bond donors (Lipinski definition) is 0. The number of benzene rings is 7. The molecule has 0 amide bonds. The molecule has 2 unspecified atom stereocenters. The number of aromatic nitrogens is 2. The Bertz CT molecular complexity index is 3500. The Morgan fingerprint density at radius 3 is 1.62 bits per heavy atom. The van der Waals surface area contributed by atoms with Crippen molar-refractivity contribution in [3.8, 4) is 5.69 Å². The number of anilines is 4. The molecule has 7 aromatic carbocycles. The van der Waals surface area contributed by atoms with E-state index in [0.29, 0.717) is 11.8 Å². The molecule has 2 atom stereocenters. The van der Waals surface area contributed by atoms with Crippen LogP contribution in [0.4, 0.5) is 22.7 Å². The topological polar surface area (TPSA) is 16.3 Å². The molecule has 2 aromatic heterocycles. The Hall–Kier alpha value is -7.82. The number of allylic oxidation sites excluding steroid dienone is 12. The van der Waals surface area contributed by atoms with Crippen LogP contribution in [-0.2, 0) is 0 Å². The third kappa shape index (κ3) is 6.84. The van der Waals surface area contributed by atoms with E-state index in [2.05, 4.69) is 251 Å². The van der Waals surface area contributed by atoms with Gasteiger partial charge in [0.2, 0.25) is 0 Å². The number of nitrogens with zero attached hydrogens (tertiary/aromatic N) is 4. The lowest BCUT2D eigenvalue weighted by atomic mass is 9.80. The van der Waals surface area contributed by atoms with Crippen LogP contribution in [0, 0.1) is 11.8 Å². The van der Waals surface area contributed by atoms with Crippen molar-refractivity contribution in [2.24, 2.45) is 11.8 Å². The Kier molecular flexibility index (Phi) is 10.0. The zero-order chi connectivity index (χ0) is 44.1. The molecule has 4 nitrogen and oxygen atoms in total. The third-order valence-corrected chi connectivity index (χ3v) is 14.1. The van der Waals surface area contributed by atoms with Crippen LogP contribution < -0.4 is 9.80 Å². The van der Waals surface area contributed by atoms with Crippen LogP contribution in [0.2, 0.25) is 0 Å². The summed E-state index contributed by atoms with van der Waals surface area (Å²) in [5, 5.41) is 5.09. The van der Waals surface area contributed by atoms with E-state index in [1.165, 1.54) is 100 Å². The molecule has 0 aliphatic heterocycles. The van der Waals surface area contributed by atoms with Crippen LogP contribution in [0.15, 0.2) is 241 Å². The lowest BCUT2D eigenvalue weighted by Crippen LogP contribution is -2.25. The Balaban J connectivity index is 0.917. The maximum atomic E-state index is 2.49. The summed E-state index contributed by atoms with van der Waals surface area (Å²) in [5.74, 6) is 0.638. The van der Waals surface area contributed by atoms with Crippen LogP contribution >= 0.6 is 0 Å². The van der Waals surface area contributed by atoms with E-state index in [-0.39, 0.29) is 0 Å². The van der Waals surface area contributed by atoms with Crippen molar-refractivity contribution in [1.82, 2.24) is 9.13 Å². The monoisotopic (exact) mass is 852 g/mol. The molecule has 0 saturated carbocycles. The average molecular weight is 853 g/mol. The largest absolute Gasteiger partial charge is 0.314 e. The van der Waals surface area contributed by atoms with Crippen LogP contribution in [0.5, 0.6) is 0 Å². The standard InChI is InChI=1S/C62H52N4/c1-43-40-50(63(46-19-7-3-8-20-46)51-33-37-61-56(41-51)54-27-15-17-29-59(54)65(61)48-23-11-5-12-24-48)32-35-53(43)45-31-36-58(44(2)39-45)64(47-21-9-4-10-22-47)52-34-38-62-57(42-52)55-28-16-18-30-60(55)66(62)49-25-13-6-14-26-49/h3-13,15-25,27-38,41-44H,14,26,39-40H2,1-2H3. The van der Waals surface area contributed by atoms with Gasteiger partial charge in [-0.15, -0.1) is 0 Å². The molecule has 0 bridgehead atoms. The SMILES string of the molecule is CC1CC(N(c2ccccc2)c2ccc3c(c2)c2ccccc2n3-c2ccccc2)=CC=C1C1=CC=C(N(c2ccccc2)c2ccc3c(c2)c2ccccc2n3C2=CC=CCC2)C(C)C1. The number of para-hydroxylation sites is 5. The van der Waals surface area contributed by atoms with Gasteiger partial charge in [0.25, 0.3) is 0 Å². The van der Waals surface area contributed by atoms with Crippen molar-refractivity contribution < 1.29 is 0 Å². The highest BCUT2D eigenvalue weighted by Gasteiger charge is 2.29. The molecular formula is C62H52N4. The van der Waals surface area contributed by atoms with Gasteiger partial charge in [-0.2, -0.15) is 0 Å². The second-order valence-electron chi connectivity index (χ2n) is 18.2. The summed E-state index contributed by atoms with van der Waals surface area (Å²) in [6.45, 7) is 4.81. The van der Waals surface area contributed by atoms with Gasteiger partial charge in [0.05, 0.1) is 22.1 Å². The van der Waals surface area contributed by atoms with E-state index < -0.39 is 0 Å². The van der Waals surface area contributed by atoms with Crippen LogP contribution in [0.25, 0.3) is 55.0 Å². The van der Waals surface area contributed by atoms with E-state index in [0.717, 1.165) is 25.7 Å². The zero-order valence-electron chi connectivity index (χ0n) is 37.6. The van der Waals surface area contributed by atoms with Crippen molar-refractivity contribution in [2.75, 3.05) is 9.80 Å². The second kappa shape index (κ2) is 16.6. The van der Waals surface area contributed by atoms with Crippen molar-refractivity contribution in [3.05, 3.63) is 241 Å². The van der Waals surface area contributed by atoms with Crippen LogP contribution in [0.3, 0.4) is 0 Å². The first-order valence-electron chi connectivity index (χ1n) is 23.6. The number of fused-ring (bicyclic) bond motifs is 6. The maximum absolute atomic E-state index is 2.49. The minimum absolute atomic E-state index is 0.297. The lowest BCUT2D eigenvalue weighted by Gasteiger charge is -2.36. The minimum Gasteiger partial charge on any atom is -0.314 e. The first kappa shape index (κ1) is 39.7. The Morgan fingerprint density at radius 1 is 0.439 bits per heavy atom. The van der Waals surface area contributed by atoms with Crippen molar-refractivity contribution in [3.63, 3.8) is 0 Å². The predicted molar refractivity (Wildman–Crippen MR) is 280 cm³/mol. The first-order valence-corrected chi connectivity index (χ1v) is 23.6. The molecule has 0 saturated heterocycles. The smallest absolute Gasteiger partial charge is 0.0542 e. The molecule has 12 rings (SSSR count). The highest BCUT2D eigenvalue weighted by atomic mass is 15.2. The van der Waals surface area contributed by atoms with Crippen molar-refractivity contribution in [1.29, 1.82) is 0 Å². The van der Waals surface area contributed by atoms with E-state index in [1.807, 2.05) is 0 Å². The normalized spacial score (nSPS) is 17.4. The van der Waals surface area contributed by atoms with Crippen molar-refractivity contribution >= 4 is 72.1 Å². The van der Waals surface area contributed by atoms with Gasteiger partial charge in [0, 0.05) is 73.0 Å². The molecule has 66 heavy (non-hydrogen) atoms. The summed E-state index contributed by atoms with van der Waals surface area (Å²) in [6.07, 6.45) is 20.4. The number of rotatable bonds is 9. The van der Waals surface area contributed by atoms with E-state index in [9.17, 15) is 0 Å².